The minimum absolute atomic E-state index is 0.107. The molecular weight excluding hydrogens is 450 g/mol. The lowest BCUT2D eigenvalue weighted by atomic mass is 10.1. The summed E-state index contributed by atoms with van der Waals surface area (Å²) in [5, 5.41) is 6.86. The molecule has 0 spiro atoms. The highest BCUT2D eigenvalue weighted by atomic mass is 32.2. The Bertz CT molecular complexity index is 1210. The van der Waals surface area contributed by atoms with E-state index in [2.05, 4.69) is 10.3 Å². The molecule has 2 aromatic heterocycles. The summed E-state index contributed by atoms with van der Waals surface area (Å²) in [5.41, 5.74) is 0.921. The van der Waals surface area contributed by atoms with Gasteiger partial charge in [-0.1, -0.05) is 54.6 Å². The number of anilines is 1. The van der Waals surface area contributed by atoms with Crippen LogP contribution in [0.25, 0.3) is 0 Å². The van der Waals surface area contributed by atoms with Crippen molar-refractivity contribution < 1.29 is 13.2 Å². The molecule has 1 atom stereocenters. The van der Waals surface area contributed by atoms with Crippen LogP contribution >= 0.6 is 22.7 Å². The quantitative estimate of drug-likeness (QED) is 0.417. The summed E-state index contributed by atoms with van der Waals surface area (Å²) in [7, 11) is -3.95. The average molecular weight is 470 g/mol. The van der Waals surface area contributed by atoms with Gasteiger partial charge < -0.3 is 5.32 Å². The van der Waals surface area contributed by atoms with Gasteiger partial charge in [0.2, 0.25) is 5.91 Å². The molecular formula is C22H19N3O3S3. The fraction of sp³-hybridized carbons (Fsp3) is 0.0909. The van der Waals surface area contributed by atoms with E-state index in [9.17, 15) is 13.2 Å². The Hall–Kier alpha value is -3.01. The topological polar surface area (TPSA) is 79.4 Å². The van der Waals surface area contributed by atoms with Crippen molar-refractivity contribution in [1.29, 1.82) is 0 Å². The standard InChI is InChI=1S/C22H19N3O3S3/c26-20(24-21(19-12-7-14-29-19)17-8-3-1-4-9-17)16-25(22-23-13-15-30-22)31(27,28)18-10-5-2-6-11-18/h1-15,21H,16H2,(H,24,26)/t21-/m0/s1. The third-order valence-corrected chi connectivity index (χ3v) is 8.11. The van der Waals surface area contributed by atoms with Crippen molar-refractivity contribution in [3.8, 4) is 0 Å². The van der Waals surface area contributed by atoms with Crippen LogP contribution in [0, 0.1) is 0 Å². The number of nitrogens with one attached hydrogen (secondary N) is 1. The molecule has 1 N–H and O–H groups in total. The van der Waals surface area contributed by atoms with E-state index in [0.29, 0.717) is 0 Å². The molecule has 6 nitrogen and oxygen atoms in total. The summed E-state index contributed by atoms with van der Waals surface area (Å²) in [6, 6.07) is 21.1. The van der Waals surface area contributed by atoms with Gasteiger partial charge in [0.15, 0.2) is 5.13 Å². The molecule has 0 saturated carbocycles. The number of amides is 1. The van der Waals surface area contributed by atoms with Gasteiger partial charge in [-0.05, 0) is 29.1 Å². The smallest absolute Gasteiger partial charge is 0.266 e. The van der Waals surface area contributed by atoms with Crippen molar-refractivity contribution >= 4 is 43.7 Å². The van der Waals surface area contributed by atoms with Crippen LogP contribution in [0.1, 0.15) is 16.5 Å². The number of hydrogen-bond acceptors (Lipinski definition) is 6. The highest BCUT2D eigenvalue weighted by molar-refractivity contribution is 7.93. The first-order valence-corrected chi connectivity index (χ1v) is 12.6. The number of carbonyl (C=O) groups is 1. The molecule has 9 heteroatoms. The van der Waals surface area contributed by atoms with E-state index < -0.39 is 15.9 Å². The monoisotopic (exact) mass is 469 g/mol. The van der Waals surface area contributed by atoms with Crippen molar-refractivity contribution in [1.82, 2.24) is 10.3 Å². The summed E-state index contributed by atoms with van der Waals surface area (Å²) in [4.78, 5) is 18.3. The van der Waals surface area contributed by atoms with Gasteiger partial charge in [-0.2, -0.15) is 0 Å². The number of rotatable bonds is 8. The van der Waals surface area contributed by atoms with E-state index in [4.69, 9.17) is 0 Å². The molecule has 31 heavy (non-hydrogen) atoms. The van der Waals surface area contributed by atoms with E-state index in [0.717, 1.165) is 14.7 Å². The number of thiophene rings is 1. The largest absolute Gasteiger partial charge is 0.343 e. The first-order chi connectivity index (χ1) is 15.1. The van der Waals surface area contributed by atoms with E-state index >= 15 is 0 Å². The predicted octanol–water partition coefficient (Wildman–Crippen LogP) is 4.31. The fourth-order valence-electron chi connectivity index (χ4n) is 3.07. The number of benzene rings is 2. The molecule has 2 aromatic carbocycles. The number of hydrogen-bond donors (Lipinski definition) is 1. The summed E-state index contributed by atoms with van der Waals surface area (Å²) in [6.07, 6.45) is 1.52. The maximum Gasteiger partial charge on any atom is 0.266 e. The zero-order valence-electron chi connectivity index (χ0n) is 16.3. The van der Waals surface area contributed by atoms with Crippen LogP contribution in [0.4, 0.5) is 5.13 Å². The van der Waals surface area contributed by atoms with Crippen molar-refractivity contribution in [2.24, 2.45) is 0 Å². The second-order valence-corrected chi connectivity index (χ2v) is 10.3. The van der Waals surface area contributed by atoms with Crippen molar-refractivity contribution in [2.45, 2.75) is 10.9 Å². The predicted molar refractivity (Wildman–Crippen MR) is 124 cm³/mol. The third-order valence-electron chi connectivity index (χ3n) is 4.52. The van der Waals surface area contributed by atoms with E-state index in [1.165, 1.54) is 41.0 Å². The molecule has 0 fully saturated rings. The van der Waals surface area contributed by atoms with Gasteiger partial charge in [0, 0.05) is 16.5 Å². The lowest BCUT2D eigenvalue weighted by Crippen LogP contribution is -2.42. The molecule has 1 amide bonds. The summed E-state index contributed by atoms with van der Waals surface area (Å²) >= 11 is 2.70. The maximum absolute atomic E-state index is 13.3. The van der Waals surface area contributed by atoms with E-state index in [-0.39, 0.29) is 22.6 Å². The number of aromatic nitrogens is 1. The van der Waals surface area contributed by atoms with Crippen LogP contribution in [-0.2, 0) is 14.8 Å². The first-order valence-electron chi connectivity index (χ1n) is 9.41. The van der Waals surface area contributed by atoms with Gasteiger partial charge >= 0.3 is 0 Å². The molecule has 0 saturated heterocycles. The Balaban J connectivity index is 1.62. The lowest BCUT2D eigenvalue weighted by Gasteiger charge is -2.23. The van der Waals surface area contributed by atoms with E-state index in [1.807, 2.05) is 47.8 Å². The number of thiazole rings is 1. The highest BCUT2D eigenvalue weighted by Crippen LogP contribution is 2.28. The minimum Gasteiger partial charge on any atom is -0.343 e. The second-order valence-electron chi connectivity index (χ2n) is 6.57. The Morgan fingerprint density at radius 3 is 2.26 bits per heavy atom. The molecule has 2 heterocycles. The van der Waals surface area contributed by atoms with Crippen LogP contribution in [0.15, 0.2) is 94.6 Å². The normalized spacial score (nSPS) is 12.3. The van der Waals surface area contributed by atoms with Crippen LogP contribution in [0.3, 0.4) is 0 Å². The second kappa shape index (κ2) is 9.42. The lowest BCUT2D eigenvalue weighted by molar-refractivity contribution is -0.120. The third kappa shape index (κ3) is 4.84. The molecule has 0 bridgehead atoms. The molecule has 4 rings (SSSR count). The summed E-state index contributed by atoms with van der Waals surface area (Å²) in [5.74, 6) is -0.419. The summed E-state index contributed by atoms with van der Waals surface area (Å²) in [6.45, 7) is -0.376. The fourth-order valence-corrected chi connectivity index (χ4v) is 6.14. The van der Waals surface area contributed by atoms with Crippen LogP contribution in [0.5, 0.6) is 0 Å². The number of sulfonamides is 1. The first kappa shape index (κ1) is 21.2. The molecule has 0 aliphatic heterocycles. The average Bonchev–Trinajstić information content (AvgIpc) is 3.51. The van der Waals surface area contributed by atoms with Crippen molar-refractivity contribution in [2.75, 3.05) is 10.8 Å². The summed E-state index contributed by atoms with van der Waals surface area (Å²) < 4.78 is 27.6. The van der Waals surface area contributed by atoms with E-state index in [1.54, 1.807) is 23.6 Å². The Morgan fingerprint density at radius 2 is 1.65 bits per heavy atom. The molecule has 158 valence electrons. The zero-order valence-corrected chi connectivity index (χ0v) is 18.7. The highest BCUT2D eigenvalue weighted by Gasteiger charge is 2.30. The molecule has 0 unspecified atom stereocenters. The van der Waals surface area contributed by atoms with Crippen molar-refractivity contribution in [3.63, 3.8) is 0 Å². The van der Waals surface area contributed by atoms with Crippen LogP contribution in [-0.4, -0.2) is 25.9 Å². The maximum atomic E-state index is 13.3. The zero-order chi connectivity index (χ0) is 21.7. The number of carbonyl (C=O) groups excluding carboxylic acids is 1. The minimum atomic E-state index is -3.95. The van der Waals surface area contributed by atoms with Gasteiger partial charge in [0.05, 0.1) is 10.9 Å². The SMILES string of the molecule is O=C(CN(c1nccs1)S(=O)(=O)c1ccccc1)N[C@@H](c1ccccc1)c1cccs1. The van der Waals surface area contributed by atoms with Crippen LogP contribution < -0.4 is 9.62 Å². The molecule has 4 aromatic rings. The van der Waals surface area contributed by atoms with Gasteiger partial charge in [0.25, 0.3) is 10.0 Å². The van der Waals surface area contributed by atoms with Gasteiger partial charge in [0.1, 0.15) is 6.54 Å². The Kier molecular flexibility index (Phi) is 6.45. The molecule has 0 aliphatic carbocycles. The van der Waals surface area contributed by atoms with Gasteiger partial charge in [-0.3, -0.25) is 4.79 Å². The Morgan fingerprint density at radius 1 is 0.935 bits per heavy atom. The van der Waals surface area contributed by atoms with Crippen LogP contribution in [0.2, 0.25) is 0 Å². The van der Waals surface area contributed by atoms with Gasteiger partial charge in [-0.25, -0.2) is 17.7 Å². The van der Waals surface area contributed by atoms with Crippen molar-refractivity contribution in [3.05, 3.63) is 100 Å². The Labute approximate surface area is 188 Å². The van der Waals surface area contributed by atoms with Gasteiger partial charge in [-0.15, -0.1) is 22.7 Å². The molecule has 0 aliphatic rings. The molecule has 0 radical (unpaired) electrons. The number of nitrogens with zero attached hydrogens (tertiary/aromatic N) is 2.